The lowest BCUT2D eigenvalue weighted by Crippen LogP contribution is -2.31. The fourth-order valence-electron chi connectivity index (χ4n) is 2.76. The molecule has 0 unspecified atom stereocenters. The largest absolute Gasteiger partial charge is 0.496 e. The highest BCUT2D eigenvalue weighted by Gasteiger charge is 2.20. The number of rotatable bonds is 9. The summed E-state index contributed by atoms with van der Waals surface area (Å²) >= 11 is 0. The first-order valence-electron chi connectivity index (χ1n) is 8.75. The summed E-state index contributed by atoms with van der Waals surface area (Å²) in [7, 11) is 1.62. The van der Waals surface area contributed by atoms with Crippen molar-refractivity contribution in [2.24, 2.45) is 0 Å². The Balaban J connectivity index is 1.76. The molecule has 0 bridgehead atoms. The van der Waals surface area contributed by atoms with Crippen LogP contribution in [0.4, 0.5) is 0 Å². The smallest absolute Gasteiger partial charge is 0.313 e. The molecular formula is C21H25NO4. The minimum Gasteiger partial charge on any atom is -0.496 e. The Morgan fingerprint density at radius 1 is 1.04 bits per heavy atom. The molecule has 5 heteroatoms. The number of carbonyl (C=O) groups excluding carboxylic acids is 2. The van der Waals surface area contributed by atoms with Gasteiger partial charge in [-0.05, 0) is 30.0 Å². The molecule has 0 heterocycles. The molecule has 0 aliphatic rings. The van der Waals surface area contributed by atoms with Crippen molar-refractivity contribution in [1.29, 1.82) is 0 Å². The summed E-state index contributed by atoms with van der Waals surface area (Å²) in [6.07, 6.45) is 1.27. The highest BCUT2D eigenvalue weighted by atomic mass is 16.5. The number of benzene rings is 2. The molecule has 2 aromatic rings. The summed E-state index contributed by atoms with van der Waals surface area (Å²) < 4.78 is 10.5. The first-order chi connectivity index (χ1) is 12.7. The number of para-hydroxylation sites is 1. The zero-order chi connectivity index (χ0) is 18.8. The molecule has 2 aromatic carbocycles. The van der Waals surface area contributed by atoms with Crippen LogP contribution in [-0.4, -0.2) is 32.1 Å². The number of amides is 1. The van der Waals surface area contributed by atoms with Crippen LogP contribution in [0.3, 0.4) is 0 Å². The van der Waals surface area contributed by atoms with Gasteiger partial charge in [0.25, 0.3) is 5.91 Å². The Morgan fingerprint density at radius 3 is 2.42 bits per heavy atom. The second-order valence-electron chi connectivity index (χ2n) is 5.89. The van der Waals surface area contributed by atoms with E-state index < -0.39 is 0 Å². The standard InChI is InChI=1S/C21H25NO4/c1-3-18(16-9-5-4-6-10-16)21(24)26-15-20(23)22-14-13-17-11-7-8-12-19(17)25-2/h4-12,18H,3,13-15H2,1-2H3,(H,22,23)/t18-/m0/s1. The molecule has 0 saturated carbocycles. The molecule has 5 nitrogen and oxygen atoms in total. The number of ether oxygens (including phenoxy) is 2. The van der Waals surface area contributed by atoms with Crippen LogP contribution >= 0.6 is 0 Å². The van der Waals surface area contributed by atoms with Gasteiger partial charge in [-0.3, -0.25) is 9.59 Å². The van der Waals surface area contributed by atoms with Crippen LogP contribution in [0.2, 0.25) is 0 Å². The second kappa shape index (κ2) is 10.2. The maximum Gasteiger partial charge on any atom is 0.313 e. The molecule has 0 aliphatic heterocycles. The van der Waals surface area contributed by atoms with E-state index in [1.54, 1.807) is 7.11 Å². The van der Waals surface area contributed by atoms with Gasteiger partial charge in [-0.1, -0.05) is 55.5 Å². The van der Waals surface area contributed by atoms with Crippen molar-refractivity contribution in [3.05, 3.63) is 65.7 Å². The number of nitrogens with one attached hydrogen (secondary N) is 1. The third-order valence-corrected chi connectivity index (χ3v) is 4.15. The van der Waals surface area contributed by atoms with Crippen LogP contribution in [-0.2, 0) is 20.7 Å². The van der Waals surface area contributed by atoms with E-state index in [0.29, 0.717) is 19.4 Å². The normalized spacial score (nSPS) is 11.5. The zero-order valence-corrected chi connectivity index (χ0v) is 15.2. The summed E-state index contributed by atoms with van der Waals surface area (Å²) in [4.78, 5) is 24.2. The fourth-order valence-corrected chi connectivity index (χ4v) is 2.76. The predicted molar refractivity (Wildman–Crippen MR) is 100 cm³/mol. The SMILES string of the molecule is CC[C@H](C(=O)OCC(=O)NCCc1ccccc1OC)c1ccccc1. The third kappa shape index (κ3) is 5.62. The van der Waals surface area contributed by atoms with E-state index in [1.807, 2.05) is 61.5 Å². The van der Waals surface area contributed by atoms with Crippen LogP contribution in [0.5, 0.6) is 5.75 Å². The molecule has 138 valence electrons. The fraction of sp³-hybridized carbons (Fsp3) is 0.333. The number of methoxy groups -OCH3 is 1. The minimum absolute atomic E-state index is 0.270. The van der Waals surface area contributed by atoms with Crippen molar-refractivity contribution in [3.8, 4) is 5.75 Å². The Kier molecular flexibility index (Phi) is 7.68. The highest BCUT2D eigenvalue weighted by Crippen LogP contribution is 2.20. The monoisotopic (exact) mass is 355 g/mol. The molecule has 1 atom stereocenters. The lowest BCUT2D eigenvalue weighted by molar-refractivity contribution is -0.150. The van der Waals surface area contributed by atoms with Crippen LogP contribution in [0.25, 0.3) is 0 Å². The van der Waals surface area contributed by atoms with E-state index >= 15 is 0 Å². The first kappa shape index (κ1) is 19.5. The molecular weight excluding hydrogens is 330 g/mol. The van der Waals surface area contributed by atoms with Gasteiger partial charge in [-0.2, -0.15) is 0 Å². The van der Waals surface area contributed by atoms with Gasteiger partial charge in [0.05, 0.1) is 13.0 Å². The van der Waals surface area contributed by atoms with Gasteiger partial charge in [0, 0.05) is 6.54 Å². The summed E-state index contributed by atoms with van der Waals surface area (Å²) in [5.74, 6) is -0.242. The van der Waals surface area contributed by atoms with Gasteiger partial charge in [0.1, 0.15) is 5.75 Å². The van der Waals surface area contributed by atoms with Gasteiger partial charge < -0.3 is 14.8 Å². The average Bonchev–Trinajstić information content (AvgIpc) is 2.68. The zero-order valence-electron chi connectivity index (χ0n) is 15.2. The van der Waals surface area contributed by atoms with Gasteiger partial charge in [0.2, 0.25) is 0 Å². The van der Waals surface area contributed by atoms with E-state index in [4.69, 9.17) is 9.47 Å². The minimum atomic E-state index is -0.376. The van der Waals surface area contributed by atoms with Crippen molar-refractivity contribution >= 4 is 11.9 Å². The molecule has 0 saturated heterocycles. The number of hydrogen-bond acceptors (Lipinski definition) is 4. The summed E-state index contributed by atoms with van der Waals surface area (Å²) in [6.45, 7) is 2.10. The molecule has 0 fully saturated rings. The number of esters is 1. The molecule has 0 aromatic heterocycles. The van der Waals surface area contributed by atoms with Gasteiger partial charge in [0.15, 0.2) is 6.61 Å². The van der Waals surface area contributed by atoms with E-state index in [9.17, 15) is 9.59 Å². The number of carbonyl (C=O) groups is 2. The first-order valence-corrected chi connectivity index (χ1v) is 8.75. The summed E-state index contributed by atoms with van der Waals surface area (Å²) in [5, 5.41) is 2.76. The van der Waals surface area contributed by atoms with Crippen molar-refractivity contribution in [3.63, 3.8) is 0 Å². The molecule has 1 N–H and O–H groups in total. The van der Waals surface area contributed by atoms with Crippen molar-refractivity contribution in [2.45, 2.75) is 25.7 Å². The summed E-state index contributed by atoms with van der Waals surface area (Å²) in [5.41, 5.74) is 1.92. The maximum atomic E-state index is 12.2. The molecule has 0 spiro atoms. The Morgan fingerprint density at radius 2 is 1.73 bits per heavy atom. The summed E-state index contributed by atoms with van der Waals surface area (Å²) in [6, 6.07) is 17.1. The van der Waals surface area contributed by atoms with Crippen LogP contribution in [0, 0.1) is 0 Å². The van der Waals surface area contributed by atoms with Crippen LogP contribution in [0.1, 0.15) is 30.4 Å². The van der Waals surface area contributed by atoms with E-state index in [-0.39, 0.29) is 24.4 Å². The van der Waals surface area contributed by atoms with Gasteiger partial charge in [-0.15, -0.1) is 0 Å². The topological polar surface area (TPSA) is 64.6 Å². The lowest BCUT2D eigenvalue weighted by atomic mass is 9.97. The Labute approximate surface area is 154 Å². The molecule has 1 amide bonds. The third-order valence-electron chi connectivity index (χ3n) is 4.15. The predicted octanol–water partition coefficient (Wildman–Crippen LogP) is 3.09. The van der Waals surface area contributed by atoms with Crippen LogP contribution in [0.15, 0.2) is 54.6 Å². The van der Waals surface area contributed by atoms with Gasteiger partial charge in [-0.25, -0.2) is 0 Å². The van der Waals surface area contributed by atoms with E-state index in [1.165, 1.54) is 0 Å². The molecule has 2 rings (SSSR count). The van der Waals surface area contributed by atoms with Gasteiger partial charge >= 0.3 is 5.97 Å². The lowest BCUT2D eigenvalue weighted by Gasteiger charge is -2.14. The molecule has 0 radical (unpaired) electrons. The van der Waals surface area contributed by atoms with E-state index in [2.05, 4.69) is 5.32 Å². The average molecular weight is 355 g/mol. The Bertz CT molecular complexity index is 715. The molecule has 0 aliphatic carbocycles. The van der Waals surface area contributed by atoms with Crippen LogP contribution < -0.4 is 10.1 Å². The highest BCUT2D eigenvalue weighted by molar-refractivity contribution is 5.83. The molecule has 26 heavy (non-hydrogen) atoms. The number of hydrogen-bond donors (Lipinski definition) is 1. The van der Waals surface area contributed by atoms with Crippen molar-refractivity contribution < 1.29 is 19.1 Å². The quantitative estimate of drug-likeness (QED) is 0.702. The van der Waals surface area contributed by atoms with E-state index in [0.717, 1.165) is 16.9 Å². The second-order valence-corrected chi connectivity index (χ2v) is 5.89. The van der Waals surface area contributed by atoms with Crippen molar-refractivity contribution in [2.75, 3.05) is 20.3 Å². The van der Waals surface area contributed by atoms with Crippen molar-refractivity contribution in [1.82, 2.24) is 5.32 Å². The maximum absolute atomic E-state index is 12.2. The Hall–Kier alpha value is -2.82.